The minimum atomic E-state index is -0.559. The first kappa shape index (κ1) is 25.3. The zero-order valence-corrected chi connectivity index (χ0v) is 20.4. The number of carbonyl (C=O) groups is 3. The van der Waals surface area contributed by atoms with Crippen molar-refractivity contribution in [3.8, 4) is 11.5 Å². The van der Waals surface area contributed by atoms with Crippen molar-refractivity contribution in [1.29, 1.82) is 0 Å². The predicted octanol–water partition coefficient (Wildman–Crippen LogP) is 6.19. The number of esters is 1. The van der Waals surface area contributed by atoms with Crippen LogP contribution in [0.1, 0.15) is 19.3 Å². The van der Waals surface area contributed by atoms with E-state index < -0.39 is 18.5 Å². The molecule has 176 valence electrons. The molecule has 0 atom stereocenters. The fourth-order valence-corrected chi connectivity index (χ4v) is 3.28. The molecule has 0 spiro atoms. The van der Waals surface area contributed by atoms with Crippen molar-refractivity contribution in [2.24, 2.45) is 0 Å². The van der Waals surface area contributed by atoms with Crippen molar-refractivity contribution in [3.05, 3.63) is 82.3 Å². The van der Waals surface area contributed by atoms with Crippen molar-refractivity contribution in [2.45, 2.75) is 19.3 Å². The minimum Gasteiger partial charge on any atom is -0.457 e. The minimum absolute atomic E-state index is 0.0206. The number of amides is 2. The van der Waals surface area contributed by atoms with Crippen molar-refractivity contribution >= 4 is 56.7 Å². The Labute approximate surface area is 210 Å². The second kappa shape index (κ2) is 12.8. The van der Waals surface area contributed by atoms with Crippen molar-refractivity contribution < 1.29 is 23.9 Å². The van der Waals surface area contributed by atoms with Gasteiger partial charge >= 0.3 is 5.97 Å². The van der Waals surface area contributed by atoms with Crippen LogP contribution in [0.2, 0.25) is 5.02 Å². The lowest BCUT2D eigenvalue weighted by molar-refractivity contribution is -0.147. The maximum absolute atomic E-state index is 12.1. The molecule has 34 heavy (non-hydrogen) atoms. The number of rotatable bonds is 10. The van der Waals surface area contributed by atoms with Gasteiger partial charge in [-0.15, -0.1) is 0 Å². The van der Waals surface area contributed by atoms with Gasteiger partial charge in [-0.3, -0.25) is 14.4 Å². The Kier molecular flexibility index (Phi) is 9.49. The fourth-order valence-electron chi connectivity index (χ4n) is 2.83. The maximum Gasteiger partial charge on any atom is 0.306 e. The lowest BCUT2D eigenvalue weighted by Gasteiger charge is -2.09. The van der Waals surface area contributed by atoms with E-state index in [1.807, 2.05) is 24.3 Å². The Balaban J connectivity index is 1.33. The molecule has 3 rings (SSSR count). The number of benzene rings is 3. The predicted molar refractivity (Wildman–Crippen MR) is 134 cm³/mol. The number of ether oxygens (including phenoxy) is 2. The first-order valence-corrected chi connectivity index (χ1v) is 11.6. The average molecular weight is 546 g/mol. The zero-order valence-electron chi connectivity index (χ0n) is 18.1. The second-order valence-corrected chi connectivity index (χ2v) is 8.49. The van der Waals surface area contributed by atoms with Gasteiger partial charge in [-0.2, -0.15) is 0 Å². The lowest BCUT2D eigenvalue weighted by Crippen LogP contribution is -2.21. The van der Waals surface area contributed by atoms with Crippen LogP contribution < -0.4 is 15.4 Å². The molecule has 3 aromatic rings. The molecule has 0 aliphatic rings. The van der Waals surface area contributed by atoms with Crippen LogP contribution in [0, 0.1) is 0 Å². The van der Waals surface area contributed by atoms with Gasteiger partial charge in [0.1, 0.15) is 11.5 Å². The molecule has 0 aromatic heterocycles. The molecular formula is C25H22BrClN2O5. The van der Waals surface area contributed by atoms with Gasteiger partial charge in [0.2, 0.25) is 5.91 Å². The third kappa shape index (κ3) is 8.53. The molecule has 0 saturated heterocycles. The van der Waals surface area contributed by atoms with Gasteiger partial charge in [-0.1, -0.05) is 39.7 Å². The summed E-state index contributed by atoms with van der Waals surface area (Å²) in [4.78, 5) is 35.8. The molecule has 0 heterocycles. The Morgan fingerprint density at radius 1 is 0.794 bits per heavy atom. The Morgan fingerprint density at radius 2 is 1.44 bits per heavy atom. The summed E-state index contributed by atoms with van der Waals surface area (Å²) in [5.41, 5.74) is 1.06. The number of para-hydroxylation sites is 1. The highest BCUT2D eigenvalue weighted by atomic mass is 79.9. The van der Waals surface area contributed by atoms with Gasteiger partial charge in [0.15, 0.2) is 6.61 Å². The van der Waals surface area contributed by atoms with Gasteiger partial charge in [0.05, 0.1) is 10.7 Å². The summed E-state index contributed by atoms with van der Waals surface area (Å²) < 4.78 is 11.6. The standard InChI is InChI=1S/C25H22BrClN2O5/c26-17-8-12-19(13-9-17)34-20-14-10-18(11-15-20)28-23(30)6-3-7-25(32)33-16-24(31)29-22-5-2-1-4-21(22)27/h1-2,4-5,8-15H,3,6-7,16H2,(H,28,30)(H,29,31). The van der Waals surface area contributed by atoms with Crippen LogP contribution in [-0.2, 0) is 19.1 Å². The fraction of sp³-hybridized carbons (Fsp3) is 0.160. The highest BCUT2D eigenvalue weighted by Gasteiger charge is 2.11. The molecule has 3 aromatic carbocycles. The van der Waals surface area contributed by atoms with Crippen LogP contribution in [0.4, 0.5) is 11.4 Å². The third-order valence-electron chi connectivity index (χ3n) is 4.48. The third-order valence-corrected chi connectivity index (χ3v) is 5.34. The Hall–Kier alpha value is -3.36. The quantitative estimate of drug-likeness (QED) is 0.297. The van der Waals surface area contributed by atoms with E-state index in [9.17, 15) is 14.4 Å². The van der Waals surface area contributed by atoms with Crippen LogP contribution in [0.25, 0.3) is 0 Å². The molecule has 0 saturated carbocycles. The van der Waals surface area contributed by atoms with Crippen LogP contribution in [-0.4, -0.2) is 24.4 Å². The largest absolute Gasteiger partial charge is 0.457 e. The molecular weight excluding hydrogens is 524 g/mol. The Bertz CT molecular complexity index is 1140. The lowest BCUT2D eigenvalue weighted by atomic mass is 10.2. The molecule has 0 aliphatic carbocycles. The SMILES string of the molecule is O=C(CCCC(=O)OCC(=O)Nc1ccccc1Cl)Nc1ccc(Oc2ccc(Br)cc2)cc1. The first-order chi connectivity index (χ1) is 16.4. The van der Waals surface area contributed by atoms with Gasteiger partial charge < -0.3 is 20.1 Å². The topological polar surface area (TPSA) is 93.7 Å². The number of anilines is 2. The summed E-state index contributed by atoms with van der Waals surface area (Å²) in [6, 6.07) is 21.2. The smallest absolute Gasteiger partial charge is 0.306 e. The summed E-state index contributed by atoms with van der Waals surface area (Å²) in [6.45, 7) is -0.426. The van der Waals surface area contributed by atoms with E-state index in [4.69, 9.17) is 21.1 Å². The molecule has 0 aliphatic heterocycles. The maximum atomic E-state index is 12.1. The highest BCUT2D eigenvalue weighted by molar-refractivity contribution is 9.10. The van der Waals surface area contributed by atoms with Crippen LogP contribution in [0.5, 0.6) is 11.5 Å². The van der Waals surface area contributed by atoms with Gasteiger partial charge in [-0.05, 0) is 67.1 Å². The molecule has 0 unspecified atom stereocenters. The van der Waals surface area contributed by atoms with Gasteiger partial charge in [0.25, 0.3) is 5.91 Å². The van der Waals surface area contributed by atoms with Crippen LogP contribution in [0.15, 0.2) is 77.3 Å². The van der Waals surface area contributed by atoms with Crippen molar-refractivity contribution in [3.63, 3.8) is 0 Å². The summed E-state index contributed by atoms with van der Waals surface area (Å²) in [5, 5.41) is 5.72. The molecule has 0 radical (unpaired) electrons. The molecule has 9 heteroatoms. The molecule has 0 bridgehead atoms. The monoisotopic (exact) mass is 544 g/mol. The van der Waals surface area contributed by atoms with E-state index in [0.717, 1.165) is 4.47 Å². The number of hydrogen-bond donors (Lipinski definition) is 2. The zero-order chi connectivity index (χ0) is 24.3. The second-order valence-electron chi connectivity index (χ2n) is 7.17. The number of hydrogen-bond acceptors (Lipinski definition) is 5. The van der Waals surface area contributed by atoms with E-state index in [1.165, 1.54) is 0 Å². The molecule has 7 nitrogen and oxygen atoms in total. The number of nitrogens with one attached hydrogen (secondary N) is 2. The summed E-state index contributed by atoms with van der Waals surface area (Å²) in [6.07, 6.45) is 0.451. The van der Waals surface area contributed by atoms with Crippen LogP contribution in [0.3, 0.4) is 0 Å². The Morgan fingerprint density at radius 3 is 2.12 bits per heavy atom. The normalized spacial score (nSPS) is 10.3. The van der Waals surface area contributed by atoms with E-state index in [0.29, 0.717) is 34.3 Å². The van der Waals surface area contributed by atoms with E-state index in [-0.39, 0.29) is 18.7 Å². The van der Waals surface area contributed by atoms with Crippen molar-refractivity contribution in [2.75, 3.05) is 17.2 Å². The van der Waals surface area contributed by atoms with Gasteiger partial charge in [0, 0.05) is 23.0 Å². The molecule has 0 fully saturated rings. The van der Waals surface area contributed by atoms with E-state index >= 15 is 0 Å². The molecule has 2 amide bonds. The number of carbonyl (C=O) groups excluding carboxylic acids is 3. The highest BCUT2D eigenvalue weighted by Crippen LogP contribution is 2.24. The summed E-state index contributed by atoms with van der Waals surface area (Å²) >= 11 is 9.34. The van der Waals surface area contributed by atoms with Crippen molar-refractivity contribution in [1.82, 2.24) is 0 Å². The van der Waals surface area contributed by atoms with E-state index in [1.54, 1.807) is 48.5 Å². The first-order valence-electron chi connectivity index (χ1n) is 10.4. The average Bonchev–Trinajstić information content (AvgIpc) is 2.82. The summed E-state index contributed by atoms with van der Waals surface area (Å²) in [5.74, 6) is 0.0593. The summed E-state index contributed by atoms with van der Waals surface area (Å²) in [7, 11) is 0. The number of halogens is 2. The van der Waals surface area contributed by atoms with E-state index in [2.05, 4.69) is 26.6 Å². The van der Waals surface area contributed by atoms with Gasteiger partial charge in [-0.25, -0.2) is 0 Å². The van der Waals surface area contributed by atoms with Crippen LogP contribution >= 0.6 is 27.5 Å². The molecule has 2 N–H and O–H groups in total.